The summed E-state index contributed by atoms with van der Waals surface area (Å²) in [6.45, 7) is 4.07. The number of H-pyrrole nitrogens is 2. The number of aromatic amines is 2. The van der Waals surface area contributed by atoms with Crippen molar-refractivity contribution in [2.24, 2.45) is 5.92 Å². The first kappa shape index (κ1) is 24.6. The van der Waals surface area contributed by atoms with Crippen molar-refractivity contribution < 1.29 is 4.79 Å². The summed E-state index contributed by atoms with van der Waals surface area (Å²) in [5.41, 5.74) is 7.34. The van der Waals surface area contributed by atoms with Crippen LogP contribution in [0.3, 0.4) is 0 Å². The molecule has 1 amide bonds. The monoisotopic (exact) mass is 548 g/mol. The molecule has 1 saturated heterocycles. The Labute approximate surface area is 234 Å². The second kappa shape index (κ2) is 10.3. The summed E-state index contributed by atoms with van der Waals surface area (Å²) in [4.78, 5) is 32.5. The highest BCUT2D eigenvalue weighted by atomic mass is 32.1. The van der Waals surface area contributed by atoms with E-state index in [0.29, 0.717) is 18.0 Å². The lowest BCUT2D eigenvalue weighted by Crippen LogP contribution is -2.30. The van der Waals surface area contributed by atoms with Gasteiger partial charge in [-0.05, 0) is 81.2 Å². The summed E-state index contributed by atoms with van der Waals surface area (Å²) in [6, 6.07) is 14.3. The number of fused-ring (bicyclic) bond motifs is 2. The van der Waals surface area contributed by atoms with Gasteiger partial charge in [-0.3, -0.25) is 14.9 Å². The minimum atomic E-state index is 0.0240. The van der Waals surface area contributed by atoms with Gasteiger partial charge in [0.05, 0.1) is 28.8 Å². The summed E-state index contributed by atoms with van der Waals surface area (Å²) < 4.78 is 0. The van der Waals surface area contributed by atoms with E-state index < -0.39 is 0 Å². The SMILES string of the molecule is Cc1ccc(-c2ccnc3[nH]c(-c4n[nH]c5ccc(-c6cncc(NC(=O)CC7CCNCC7)c6)nc45)cc23)s1. The molecular formula is C30H28N8OS. The van der Waals surface area contributed by atoms with Crippen LogP contribution in [-0.2, 0) is 4.79 Å². The predicted octanol–water partition coefficient (Wildman–Crippen LogP) is 5.93. The fourth-order valence-electron chi connectivity index (χ4n) is 5.40. The zero-order valence-electron chi connectivity index (χ0n) is 22.0. The third-order valence-corrected chi connectivity index (χ3v) is 8.49. The summed E-state index contributed by atoms with van der Waals surface area (Å²) >= 11 is 1.77. The van der Waals surface area contributed by atoms with Gasteiger partial charge in [-0.2, -0.15) is 5.10 Å². The molecule has 0 atom stereocenters. The highest BCUT2D eigenvalue weighted by Gasteiger charge is 2.18. The number of aryl methyl sites for hydroxylation is 1. The molecule has 10 heteroatoms. The summed E-state index contributed by atoms with van der Waals surface area (Å²) in [5, 5.41) is 15.1. The molecule has 1 fully saturated rings. The summed E-state index contributed by atoms with van der Waals surface area (Å²) in [7, 11) is 0. The molecule has 0 bridgehead atoms. The zero-order chi connectivity index (χ0) is 27.1. The Bertz CT molecular complexity index is 1850. The van der Waals surface area contributed by atoms with Crippen LogP contribution in [0, 0.1) is 12.8 Å². The van der Waals surface area contributed by atoms with Gasteiger partial charge in [0.15, 0.2) is 0 Å². The van der Waals surface area contributed by atoms with E-state index in [0.717, 1.165) is 76.2 Å². The Kier molecular flexibility index (Phi) is 6.33. The highest BCUT2D eigenvalue weighted by molar-refractivity contribution is 7.15. The number of hydrogen-bond donors (Lipinski definition) is 4. The van der Waals surface area contributed by atoms with Crippen molar-refractivity contribution >= 4 is 45.0 Å². The number of carbonyl (C=O) groups is 1. The van der Waals surface area contributed by atoms with Gasteiger partial charge < -0.3 is 15.6 Å². The second-order valence-corrected chi connectivity index (χ2v) is 11.6. The number of carbonyl (C=O) groups excluding carboxylic acids is 1. The van der Waals surface area contributed by atoms with Crippen LogP contribution in [0.4, 0.5) is 5.69 Å². The van der Waals surface area contributed by atoms with Gasteiger partial charge >= 0.3 is 0 Å². The summed E-state index contributed by atoms with van der Waals surface area (Å²) in [6.07, 6.45) is 7.86. The second-order valence-electron chi connectivity index (χ2n) is 10.3. The number of nitrogens with one attached hydrogen (secondary N) is 4. The molecule has 6 aromatic heterocycles. The third-order valence-electron chi connectivity index (χ3n) is 7.45. The molecule has 9 nitrogen and oxygen atoms in total. The quantitative estimate of drug-likeness (QED) is 0.205. The van der Waals surface area contributed by atoms with Gasteiger partial charge in [0.2, 0.25) is 5.91 Å². The van der Waals surface area contributed by atoms with Crippen molar-refractivity contribution in [3.63, 3.8) is 0 Å². The molecule has 0 unspecified atom stereocenters. The van der Waals surface area contributed by atoms with Gasteiger partial charge in [0.25, 0.3) is 0 Å². The molecular weight excluding hydrogens is 520 g/mol. The van der Waals surface area contributed by atoms with Crippen LogP contribution in [0.15, 0.2) is 61.1 Å². The Hall–Kier alpha value is -4.41. The Morgan fingerprint density at radius 2 is 2.00 bits per heavy atom. The molecule has 0 spiro atoms. The number of amides is 1. The van der Waals surface area contributed by atoms with Crippen LogP contribution in [0.1, 0.15) is 24.1 Å². The van der Waals surface area contributed by atoms with Gasteiger partial charge in [-0.1, -0.05) is 0 Å². The number of anilines is 1. The number of hydrogen-bond acceptors (Lipinski definition) is 7. The normalized spacial score (nSPS) is 14.2. The lowest BCUT2D eigenvalue weighted by Gasteiger charge is -2.21. The molecule has 7 heterocycles. The first-order valence-corrected chi connectivity index (χ1v) is 14.3. The Balaban J connectivity index is 1.19. The molecule has 7 rings (SSSR count). The van der Waals surface area contributed by atoms with Crippen LogP contribution in [-0.4, -0.2) is 49.1 Å². The van der Waals surface area contributed by atoms with E-state index in [1.165, 1.54) is 9.75 Å². The third kappa shape index (κ3) is 4.76. The number of thiophene rings is 1. The molecule has 0 aliphatic carbocycles. The maximum absolute atomic E-state index is 12.7. The first-order valence-electron chi connectivity index (χ1n) is 13.5. The number of nitrogens with zero attached hydrogens (tertiary/aromatic N) is 4. The number of rotatable bonds is 6. The number of pyridine rings is 3. The van der Waals surface area contributed by atoms with Crippen molar-refractivity contribution in [2.75, 3.05) is 18.4 Å². The van der Waals surface area contributed by atoms with Crippen LogP contribution in [0.5, 0.6) is 0 Å². The average molecular weight is 549 g/mol. The minimum absolute atomic E-state index is 0.0240. The molecule has 0 saturated carbocycles. The van der Waals surface area contributed by atoms with Gasteiger partial charge in [-0.15, -0.1) is 11.3 Å². The zero-order valence-corrected chi connectivity index (χ0v) is 22.8. The van der Waals surface area contributed by atoms with E-state index in [4.69, 9.17) is 4.98 Å². The van der Waals surface area contributed by atoms with E-state index in [9.17, 15) is 4.79 Å². The van der Waals surface area contributed by atoms with E-state index in [2.05, 4.69) is 67.0 Å². The van der Waals surface area contributed by atoms with Crippen molar-refractivity contribution in [2.45, 2.75) is 26.2 Å². The largest absolute Gasteiger partial charge is 0.338 e. The van der Waals surface area contributed by atoms with E-state index >= 15 is 0 Å². The van der Waals surface area contributed by atoms with E-state index in [-0.39, 0.29) is 5.91 Å². The molecule has 0 aromatic carbocycles. The number of aromatic nitrogens is 6. The van der Waals surface area contributed by atoms with Crippen LogP contribution in [0.2, 0.25) is 0 Å². The van der Waals surface area contributed by atoms with Crippen molar-refractivity contribution in [1.82, 2.24) is 35.5 Å². The maximum atomic E-state index is 12.7. The van der Waals surface area contributed by atoms with Gasteiger partial charge in [0, 0.05) is 45.1 Å². The molecule has 0 radical (unpaired) electrons. The van der Waals surface area contributed by atoms with Crippen molar-refractivity contribution in [3.05, 3.63) is 65.9 Å². The standard InChI is InChI=1S/C30H28N8OS/c1-17-2-5-26(40-17)21-8-11-33-30-22(21)14-25(36-30)29-28-24(37-38-29)4-3-23(35-28)19-13-20(16-32-15-19)34-27(39)12-18-6-9-31-10-7-18/h2-5,8,11,13-16,18,31H,6-7,9-10,12H2,1H3,(H,33,36)(H,34,39)(H,37,38). The topological polar surface area (TPSA) is 124 Å². The number of piperidine rings is 1. The van der Waals surface area contributed by atoms with Crippen LogP contribution in [0.25, 0.3) is 55.2 Å². The highest BCUT2D eigenvalue weighted by Crippen LogP contribution is 2.36. The molecule has 6 aromatic rings. The molecule has 4 N–H and O–H groups in total. The van der Waals surface area contributed by atoms with Gasteiger partial charge in [0.1, 0.15) is 16.9 Å². The van der Waals surface area contributed by atoms with Crippen LogP contribution >= 0.6 is 11.3 Å². The van der Waals surface area contributed by atoms with E-state index in [1.807, 2.05) is 24.4 Å². The van der Waals surface area contributed by atoms with E-state index in [1.54, 1.807) is 23.7 Å². The van der Waals surface area contributed by atoms with Crippen LogP contribution < -0.4 is 10.6 Å². The first-order chi connectivity index (χ1) is 19.6. The maximum Gasteiger partial charge on any atom is 0.224 e. The Morgan fingerprint density at radius 1 is 1.10 bits per heavy atom. The lowest BCUT2D eigenvalue weighted by molar-refractivity contribution is -0.117. The smallest absolute Gasteiger partial charge is 0.224 e. The molecule has 1 aliphatic heterocycles. The molecule has 200 valence electrons. The Morgan fingerprint density at radius 3 is 2.85 bits per heavy atom. The molecule has 40 heavy (non-hydrogen) atoms. The van der Waals surface area contributed by atoms with Gasteiger partial charge in [-0.25, -0.2) is 9.97 Å². The lowest BCUT2D eigenvalue weighted by atomic mass is 9.94. The summed E-state index contributed by atoms with van der Waals surface area (Å²) in [5.74, 6) is 0.446. The average Bonchev–Trinajstić information content (AvgIpc) is 3.71. The fraction of sp³-hybridized carbons (Fsp3) is 0.233. The van der Waals surface area contributed by atoms with Crippen molar-refractivity contribution in [3.8, 4) is 33.1 Å². The fourth-order valence-corrected chi connectivity index (χ4v) is 6.31. The molecule has 1 aliphatic rings. The predicted molar refractivity (Wildman–Crippen MR) is 159 cm³/mol. The minimum Gasteiger partial charge on any atom is -0.338 e. The van der Waals surface area contributed by atoms with Crippen molar-refractivity contribution in [1.29, 1.82) is 0 Å².